The molecule has 0 aliphatic rings. The number of carbonyl (C=O) groups is 3. The van der Waals surface area contributed by atoms with Crippen LogP contribution in [0.5, 0.6) is 0 Å². The van der Waals surface area contributed by atoms with Crippen LogP contribution in [0.1, 0.15) is 26.3 Å². The monoisotopic (exact) mass is 424 g/mol. The van der Waals surface area contributed by atoms with Gasteiger partial charge in [0.05, 0.1) is 12.5 Å². The van der Waals surface area contributed by atoms with Crippen LogP contribution in [0.3, 0.4) is 0 Å². The highest BCUT2D eigenvalue weighted by molar-refractivity contribution is 7.95. The molecule has 1 aromatic rings. The highest BCUT2D eigenvalue weighted by atomic mass is 32.2. The molecule has 0 N–H and O–H groups in total. The van der Waals surface area contributed by atoms with Crippen LogP contribution < -0.4 is 0 Å². The Morgan fingerprint density at radius 1 is 1.03 bits per heavy atom. The second kappa shape index (κ2) is 12.2. The minimum absolute atomic E-state index is 0.170. The molecule has 1 rings (SSSR count). The lowest BCUT2D eigenvalue weighted by Gasteiger charge is -2.33. The molecule has 7 nitrogen and oxygen atoms in total. The van der Waals surface area contributed by atoms with Gasteiger partial charge in [-0.3, -0.25) is 9.69 Å². The normalized spacial score (nSPS) is 11.4. The van der Waals surface area contributed by atoms with E-state index in [0.717, 1.165) is 11.3 Å². The van der Waals surface area contributed by atoms with E-state index >= 15 is 0 Å². The molecule has 1 amide bonds. The molecule has 1 aromatic carbocycles. The smallest absolute Gasteiger partial charge is 0.413 e. The van der Waals surface area contributed by atoms with Crippen LogP contribution in [0.4, 0.5) is 4.79 Å². The lowest BCUT2D eigenvalue weighted by atomic mass is 10.1. The number of amides is 1. The van der Waals surface area contributed by atoms with E-state index < -0.39 is 30.4 Å². The second-order valence-electron chi connectivity index (χ2n) is 7.40. The van der Waals surface area contributed by atoms with Crippen molar-refractivity contribution >= 4 is 35.0 Å². The van der Waals surface area contributed by atoms with Crippen LogP contribution in [0.2, 0.25) is 0 Å². The molecular weight excluding hydrogens is 394 g/mol. The second-order valence-corrected chi connectivity index (χ2v) is 9.78. The van der Waals surface area contributed by atoms with E-state index in [4.69, 9.17) is 14.2 Å². The maximum atomic E-state index is 12.4. The fourth-order valence-corrected chi connectivity index (χ4v) is 2.48. The summed E-state index contributed by atoms with van der Waals surface area (Å²) in [5.74, 6) is -0.374. The van der Waals surface area contributed by atoms with E-state index in [-0.39, 0.29) is 17.4 Å². The minimum atomic E-state index is -0.764. The standard InChI is InChI=1S/C21H30NO6S/c1-21(2,3)22(15-19(24)26-13-14-29(4)5)20(25)28-16-27-18(23)12-11-17-9-7-6-8-10-17/h6-12H,13-16H2,1-5H3/q+1/b12-11+. The lowest BCUT2D eigenvalue weighted by Crippen LogP contribution is -2.49. The molecule has 0 radical (unpaired) electrons. The predicted molar refractivity (Wildman–Crippen MR) is 114 cm³/mol. The quantitative estimate of drug-likeness (QED) is 0.262. The van der Waals surface area contributed by atoms with Gasteiger partial charge in [-0.05, 0) is 43.3 Å². The highest BCUT2D eigenvalue weighted by Gasteiger charge is 2.30. The zero-order chi connectivity index (χ0) is 21.9. The van der Waals surface area contributed by atoms with Crippen molar-refractivity contribution in [3.8, 4) is 0 Å². The summed E-state index contributed by atoms with van der Waals surface area (Å²) in [6.07, 6.45) is 6.20. The van der Waals surface area contributed by atoms with E-state index in [9.17, 15) is 14.4 Å². The molecular formula is C21H30NO6S+. The van der Waals surface area contributed by atoms with Gasteiger partial charge in [0.25, 0.3) is 0 Å². The van der Waals surface area contributed by atoms with Crippen molar-refractivity contribution in [2.75, 3.05) is 38.2 Å². The largest absolute Gasteiger partial charge is 0.459 e. The summed E-state index contributed by atoms with van der Waals surface area (Å²) in [5, 5.41) is 0. The molecule has 0 aliphatic carbocycles. The first-order valence-corrected chi connectivity index (χ1v) is 11.3. The van der Waals surface area contributed by atoms with Crippen LogP contribution in [-0.4, -0.2) is 66.7 Å². The third-order valence-electron chi connectivity index (χ3n) is 3.67. The summed E-state index contributed by atoms with van der Waals surface area (Å²) in [7, 11) is 0.170. The third kappa shape index (κ3) is 10.6. The first-order chi connectivity index (χ1) is 13.6. The Morgan fingerprint density at radius 3 is 2.28 bits per heavy atom. The van der Waals surface area contributed by atoms with E-state index in [1.54, 1.807) is 26.8 Å². The van der Waals surface area contributed by atoms with Crippen molar-refractivity contribution in [2.45, 2.75) is 26.3 Å². The fourth-order valence-electron chi connectivity index (χ4n) is 2.06. The number of rotatable bonds is 9. The molecule has 0 bridgehead atoms. The number of esters is 2. The summed E-state index contributed by atoms with van der Waals surface area (Å²) in [6, 6.07) is 9.25. The van der Waals surface area contributed by atoms with Gasteiger partial charge in [0.1, 0.15) is 18.9 Å². The molecule has 0 saturated heterocycles. The number of hydrogen-bond acceptors (Lipinski definition) is 6. The van der Waals surface area contributed by atoms with Crippen molar-refractivity contribution in [3.63, 3.8) is 0 Å². The maximum Gasteiger partial charge on any atom is 0.413 e. The van der Waals surface area contributed by atoms with Crippen molar-refractivity contribution in [1.82, 2.24) is 4.90 Å². The van der Waals surface area contributed by atoms with Crippen LogP contribution in [0.15, 0.2) is 36.4 Å². The SMILES string of the molecule is C[S+](C)CCOC(=O)CN(C(=O)OCOC(=O)/C=C/c1ccccc1)C(C)(C)C. The lowest BCUT2D eigenvalue weighted by molar-refractivity contribution is -0.149. The Balaban J connectivity index is 2.48. The Hall–Kier alpha value is -2.48. The van der Waals surface area contributed by atoms with Gasteiger partial charge in [-0.1, -0.05) is 30.3 Å². The first-order valence-electron chi connectivity index (χ1n) is 9.13. The van der Waals surface area contributed by atoms with Crippen molar-refractivity contribution < 1.29 is 28.6 Å². The molecule has 0 aromatic heterocycles. The topological polar surface area (TPSA) is 82.1 Å². The van der Waals surface area contributed by atoms with Gasteiger partial charge < -0.3 is 14.2 Å². The van der Waals surface area contributed by atoms with Crippen LogP contribution in [0, 0.1) is 0 Å². The van der Waals surface area contributed by atoms with Crippen molar-refractivity contribution in [2.24, 2.45) is 0 Å². The van der Waals surface area contributed by atoms with Gasteiger partial charge in [-0.2, -0.15) is 0 Å². The summed E-state index contributed by atoms with van der Waals surface area (Å²) in [6.45, 7) is 4.83. The third-order valence-corrected chi connectivity index (χ3v) is 4.65. The number of ether oxygens (including phenoxy) is 3. The maximum absolute atomic E-state index is 12.4. The number of carbonyl (C=O) groups excluding carboxylic acids is 3. The average Bonchev–Trinajstić information content (AvgIpc) is 2.64. The summed E-state index contributed by atoms with van der Waals surface area (Å²) < 4.78 is 15.1. The zero-order valence-corrected chi connectivity index (χ0v) is 18.5. The fraction of sp³-hybridized carbons (Fsp3) is 0.476. The molecule has 160 valence electrons. The average molecular weight is 425 g/mol. The van der Waals surface area contributed by atoms with Gasteiger partial charge in [-0.25, -0.2) is 9.59 Å². The van der Waals surface area contributed by atoms with E-state index in [1.165, 1.54) is 11.0 Å². The van der Waals surface area contributed by atoms with E-state index in [2.05, 4.69) is 12.5 Å². The molecule has 0 unspecified atom stereocenters. The number of nitrogens with zero attached hydrogens (tertiary/aromatic N) is 1. The molecule has 8 heteroatoms. The van der Waals surface area contributed by atoms with Crippen LogP contribution in [-0.2, 0) is 34.7 Å². The Labute approximate surface area is 175 Å². The summed E-state index contributed by atoms with van der Waals surface area (Å²) >= 11 is 0. The van der Waals surface area contributed by atoms with Crippen molar-refractivity contribution in [3.05, 3.63) is 42.0 Å². The van der Waals surface area contributed by atoms with E-state index in [0.29, 0.717) is 6.61 Å². The number of hydrogen-bond donors (Lipinski definition) is 0. The van der Waals surface area contributed by atoms with Crippen LogP contribution >= 0.6 is 0 Å². The predicted octanol–water partition coefficient (Wildman–Crippen LogP) is 2.86. The van der Waals surface area contributed by atoms with Gasteiger partial charge >= 0.3 is 18.0 Å². The molecule has 29 heavy (non-hydrogen) atoms. The molecule has 0 saturated carbocycles. The van der Waals surface area contributed by atoms with Gasteiger partial charge in [0.2, 0.25) is 6.79 Å². The Morgan fingerprint density at radius 2 is 1.69 bits per heavy atom. The molecule has 0 atom stereocenters. The minimum Gasteiger partial charge on any atom is -0.459 e. The van der Waals surface area contributed by atoms with E-state index in [1.807, 2.05) is 30.3 Å². The van der Waals surface area contributed by atoms with Gasteiger partial charge in [0.15, 0.2) is 0 Å². The highest BCUT2D eigenvalue weighted by Crippen LogP contribution is 2.15. The zero-order valence-electron chi connectivity index (χ0n) is 17.7. The van der Waals surface area contributed by atoms with Crippen LogP contribution in [0.25, 0.3) is 6.08 Å². The molecule has 0 spiro atoms. The van der Waals surface area contributed by atoms with Crippen molar-refractivity contribution in [1.29, 1.82) is 0 Å². The first kappa shape index (κ1) is 24.6. The molecule has 0 aliphatic heterocycles. The Bertz CT molecular complexity index is 697. The number of benzene rings is 1. The Kier molecular flexibility index (Phi) is 10.3. The molecule has 0 fully saturated rings. The summed E-state index contributed by atoms with van der Waals surface area (Å²) in [5.41, 5.74) is 0.171. The van der Waals surface area contributed by atoms with Gasteiger partial charge in [-0.15, -0.1) is 0 Å². The molecule has 0 heterocycles. The van der Waals surface area contributed by atoms with Gasteiger partial charge in [0, 0.05) is 11.6 Å². The summed E-state index contributed by atoms with van der Waals surface area (Å²) in [4.78, 5) is 37.3.